The number of para-hydroxylation sites is 1. The van der Waals surface area contributed by atoms with E-state index in [1.807, 2.05) is 0 Å². The fourth-order valence-electron chi connectivity index (χ4n) is 10.1. The summed E-state index contributed by atoms with van der Waals surface area (Å²) in [6.45, 7) is 4.85. The third kappa shape index (κ3) is 3.97. The molecule has 53 heavy (non-hydrogen) atoms. The average Bonchev–Trinajstić information content (AvgIpc) is 3.78. The van der Waals surface area contributed by atoms with Gasteiger partial charge in [0.05, 0.1) is 11.1 Å². The van der Waals surface area contributed by atoms with Crippen LogP contribution in [0.4, 0.5) is 17.1 Å². The second kappa shape index (κ2) is 11.0. The van der Waals surface area contributed by atoms with Gasteiger partial charge in [0.25, 0.3) is 0 Å². The lowest BCUT2D eigenvalue weighted by Gasteiger charge is -2.35. The van der Waals surface area contributed by atoms with Gasteiger partial charge in [-0.3, -0.25) is 0 Å². The second-order valence-electron chi connectivity index (χ2n) is 15.2. The zero-order valence-corrected chi connectivity index (χ0v) is 29.8. The van der Waals surface area contributed by atoms with Gasteiger partial charge in [-0.15, -0.1) is 0 Å². The van der Waals surface area contributed by atoms with E-state index in [9.17, 15) is 0 Å². The highest BCUT2D eigenvalue weighted by molar-refractivity contribution is 6.06. The molecule has 11 rings (SSSR count). The summed E-state index contributed by atoms with van der Waals surface area (Å²) in [5.41, 5.74) is 21.5. The molecule has 0 aromatic heterocycles. The van der Waals surface area contributed by atoms with E-state index in [-0.39, 0.29) is 5.41 Å². The SMILES string of the molecule is CC1(C)c2ccccc2-c2c3c(cc(N(c4ccccc4)c4ccc(-c5ccccc5)cc4)c21)C1(c2ccccc2-c2ccccc21)c1ccccc1-3. The normalized spacial score (nSPS) is 14.5. The minimum absolute atomic E-state index is 0.247. The molecule has 0 fully saturated rings. The molecular formula is C52H37N. The molecule has 0 saturated heterocycles. The van der Waals surface area contributed by atoms with Gasteiger partial charge < -0.3 is 4.90 Å². The Kier molecular flexibility index (Phi) is 6.29. The number of rotatable bonds is 4. The standard InChI is InChI=1S/C52H37N/c1-51(2)42-25-13-11-23-40(42)49-48-41-24-12-16-28-45(41)52(43-26-14-9-21-38(43)39-22-10-15-27-44(39)52)46(48)33-47(50(49)51)53(36-19-7-4-8-20-36)37-31-29-35(30-32-37)34-17-5-3-6-18-34/h3-33H,1-2H3. The largest absolute Gasteiger partial charge is 0.310 e. The zero-order chi connectivity index (χ0) is 35.3. The van der Waals surface area contributed by atoms with Gasteiger partial charge in [0.2, 0.25) is 0 Å². The summed E-state index contributed by atoms with van der Waals surface area (Å²) in [7, 11) is 0. The maximum absolute atomic E-state index is 2.58. The zero-order valence-electron chi connectivity index (χ0n) is 29.8. The summed E-state index contributed by atoms with van der Waals surface area (Å²) >= 11 is 0. The fraction of sp³-hybridized carbons (Fsp3) is 0.0769. The van der Waals surface area contributed by atoms with Crippen molar-refractivity contribution in [3.63, 3.8) is 0 Å². The predicted octanol–water partition coefficient (Wildman–Crippen LogP) is 13.5. The van der Waals surface area contributed by atoms with Gasteiger partial charge in [-0.1, -0.05) is 172 Å². The molecule has 0 atom stereocenters. The van der Waals surface area contributed by atoms with Crippen LogP contribution in [-0.2, 0) is 10.8 Å². The molecule has 0 unspecified atom stereocenters. The molecule has 8 aromatic rings. The Morgan fingerprint density at radius 2 is 0.792 bits per heavy atom. The van der Waals surface area contributed by atoms with Crippen molar-refractivity contribution in [2.45, 2.75) is 24.7 Å². The van der Waals surface area contributed by atoms with Gasteiger partial charge in [-0.2, -0.15) is 0 Å². The average molecular weight is 676 g/mol. The van der Waals surface area contributed by atoms with Crippen molar-refractivity contribution in [1.29, 1.82) is 0 Å². The van der Waals surface area contributed by atoms with E-state index in [0.717, 1.165) is 11.4 Å². The van der Waals surface area contributed by atoms with Gasteiger partial charge in [0, 0.05) is 16.8 Å². The molecule has 0 aliphatic heterocycles. The highest BCUT2D eigenvalue weighted by Crippen LogP contribution is 2.68. The highest BCUT2D eigenvalue weighted by Gasteiger charge is 2.54. The summed E-state index contributed by atoms with van der Waals surface area (Å²) in [6, 6.07) is 70.0. The summed E-state index contributed by atoms with van der Waals surface area (Å²) in [5, 5.41) is 0. The van der Waals surface area contributed by atoms with Crippen molar-refractivity contribution in [1.82, 2.24) is 0 Å². The Balaban J connectivity index is 1.29. The molecule has 0 bridgehead atoms. The minimum Gasteiger partial charge on any atom is -0.310 e. The van der Waals surface area contributed by atoms with Crippen LogP contribution in [0.15, 0.2) is 188 Å². The second-order valence-corrected chi connectivity index (χ2v) is 15.2. The van der Waals surface area contributed by atoms with Crippen LogP contribution in [0.3, 0.4) is 0 Å². The molecule has 0 heterocycles. The summed E-state index contributed by atoms with van der Waals surface area (Å²) in [4.78, 5) is 2.52. The quantitative estimate of drug-likeness (QED) is 0.179. The summed E-state index contributed by atoms with van der Waals surface area (Å²) in [5.74, 6) is 0. The van der Waals surface area contributed by atoms with Crippen LogP contribution in [0.1, 0.15) is 47.2 Å². The first-order chi connectivity index (χ1) is 26.1. The maximum Gasteiger partial charge on any atom is 0.0726 e. The lowest BCUT2D eigenvalue weighted by molar-refractivity contribution is 0.660. The van der Waals surface area contributed by atoms with E-state index in [1.54, 1.807) is 0 Å². The van der Waals surface area contributed by atoms with Crippen LogP contribution in [0.2, 0.25) is 0 Å². The molecule has 1 nitrogen and oxygen atoms in total. The molecule has 3 aliphatic rings. The smallest absolute Gasteiger partial charge is 0.0726 e. The van der Waals surface area contributed by atoms with Gasteiger partial charge in [0.15, 0.2) is 0 Å². The number of fused-ring (bicyclic) bond motifs is 14. The number of hydrogen-bond acceptors (Lipinski definition) is 1. The molecule has 250 valence electrons. The molecular weight excluding hydrogens is 639 g/mol. The molecule has 0 saturated carbocycles. The first kappa shape index (κ1) is 30.2. The Hall–Kier alpha value is -6.44. The van der Waals surface area contributed by atoms with Crippen LogP contribution in [-0.4, -0.2) is 0 Å². The molecule has 3 aliphatic carbocycles. The van der Waals surface area contributed by atoms with E-state index >= 15 is 0 Å². The van der Waals surface area contributed by atoms with Crippen LogP contribution >= 0.6 is 0 Å². The van der Waals surface area contributed by atoms with Crippen molar-refractivity contribution in [2.24, 2.45) is 0 Å². The number of nitrogens with zero attached hydrogens (tertiary/aromatic N) is 1. The van der Waals surface area contributed by atoms with E-state index in [1.165, 1.54) is 83.6 Å². The fourth-order valence-corrected chi connectivity index (χ4v) is 10.1. The number of hydrogen-bond donors (Lipinski definition) is 0. The molecule has 1 heteroatoms. The lowest BCUT2D eigenvalue weighted by Crippen LogP contribution is -2.27. The van der Waals surface area contributed by atoms with Crippen LogP contribution in [0, 0.1) is 0 Å². The van der Waals surface area contributed by atoms with Crippen molar-refractivity contribution in [2.75, 3.05) is 4.90 Å². The first-order valence-electron chi connectivity index (χ1n) is 18.7. The van der Waals surface area contributed by atoms with Gasteiger partial charge >= 0.3 is 0 Å². The Morgan fingerprint density at radius 1 is 0.358 bits per heavy atom. The first-order valence-corrected chi connectivity index (χ1v) is 18.7. The van der Waals surface area contributed by atoms with E-state index in [2.05, 4.69) is 207 Å². The van der Waals surface area contributed by atoms with Gasteiger partial charge in [-0.05, 0) is 108 Å². The topological polar surface area (TPSA) is 3.24 Å². The van der Waals surface area contributed by atoms with Crippen molar-refractivity contribution < 1.29 is 0 Å². The molecule has 8 aromatic carbocycles. The third-order valence-electron chi connectivity index (χ3n) is 12.2. The molecule has 0 amide bonds. The maximum atomic E-state index is 2.58. The van der Waals surface area contributed by atoms with Gasteiger partial charge in [0.1, 0.15) is 0 Å². The Labute approximate surface area is 311 Å². The molecule has 0 radical (unpaired) electrons. The van der Waals surface area contributed by atoms with E-state index < -0.39 is 5.41 Å². The summed E-state index contributed by atoms with van der Waals surface area (Å²) < 4.78 is 0. The summed E-state index contributed by atoms with van der Waals surface area (Å²) in [6.07, 6.45) is 0. The Bertz CT molecular complexity index is 2690. The van der Waals surface area contributed by atoms with Crippen molar-refractivity contribution in [3.05, 3.63) is 221 Å². The van der Waals surface area contributed by atoms with Crippen LogP contribution < -0.4 is 4.90 Å². The number of benzene rings is 8. The monoisotopic (exact) mass is 675 g/mol. The van der Waals surface area contributed by atoms with Gasteiger partial charge in [-0.25, -0.2) is 0 Å². The van der Waals surface area contributed by atoms with Crippen LogP contribution in [0.25, 0.3) is 44.5 Å². The van der Waals surface area contributed by atoms with E-state index in [0.29, 0.717) is 0 Å². The molecule has 0 N–H and O–H groups in total. The minimum atomic E-state index is -0.454. The molecule has 1 spiro atoms. The van der Waals surface area contributed by atoms with Crippen LogP contribution in [0.5, 0.6) is 0 Å². The van der Waals surface area contributed by atoms with E-state index in [4.69, 9.17) is 0 Å². The van der Waals surface area contributed by atoms with Crippen molar-refractivity contribution >= 4 is 17.1 Å². The Morgan fingerprint density at radius 3 is 1.40 bits per heavy atom. The lowest BCUT2D eigenvalue weighted by atomic mass is 9.69. The highest BCUT2D eigenvalue weighted by atomic mass is 15.1. The van der Waals surface area contributed by atoms with Crippen molar-refractivity contribution in [3.8, 4) is 44.5 Å². The predicted molar refractivity (Wildman–Crippen MR) is 220 cm³/mol. The number of anilines is 3. The third-order valence-corrected chi connectivity index (χ3v) is 12.2.